The third-order valence-electron chi connectivity index (χ3n) is 12.0. The second kappa shape index (κ2) is 16.1. The van der Waals surface area contributed by atoms with E-state index in [4.69, 9.17) is 0 Å². The van der Waals surface area contributed by atoms with Crippen LogP contribution in [-0.2, 0) is 31.2 Å². The van der Waals surface area contributed by atoms with Crippen molar-refractivity contribution in [1.82, 2.24) is 0 Å². The molecule has 2 aliphatic rings. The van der Waals surface area contributed by atoms with Gasteiger partial charge in [-0.3, -0.25) is 0 Å². The molecule has 57 heavy (non-hydrogen) atoms. The van der Waals surface area contributed by atoms with Gasteiger partial charge in [0.05, 0.1) is 0 Å². The van der Waals surface area contributed by atoms with Crippen LogP contribution in [0.4, 0.5) is 0 Å². The predicted octanol–water partition coefficient (Wildman–Crippen LogP) is 6.54. The zero-order valence-corrected chi connectivity index (χ0v) is 39.0. The van der Waals surface area contributed by atoms with E-state index < -0.39 is 25.8 Å². The largest absolute Gasteiger partial charge is 1.00 e. The van der Waals surface area contributed by atoms with Crippen LogP contribution in [0.25, 0.3) is 33.5 Å². The Labute approximate surface area is 360 Å². The Bertz CT molecular complexity index is 2570. The molecule has 0 radical (unpaired) electrons. The number of allylic oxidation sites excluding steroid dienone is 1. The molecule has 0 amide bonds. The van der Waals surface area contributed by atoms with Crippen LogP contribution < -0.4 is 35.2 Å². The summed E-state index contributed by atoms with van der Waals surface area (Å²) >= 11 is -3.02. The predicted molar refractivity (Wildman–Crippen MR) is 235 cm³/mol. The Morgan fingerprint density at radius 2 is 0.982 bits per heavy atom. The topological polar surface area (TPSA) is 0 Å². The first kappa shape index (κ1) is 41.4. The van der Waals surface area contributed by atoms with Gasteiger partial charge < -0.3 is 24.8 Å². The van der Waals surface area contributed by atoms with Gasteiger partial charge in [0.25, 0.3) is 0 Å². The van der Waals surface area contributed by atoms with Gasteiger partial charge >= 0.3 is 339 Å². The van der Waals surface area contributed by atoms with Gasteiger partial charge in [-0.25, -0.2) is 0 Å². The molecule has 4 heteroatoms. The second-order valence-corrected chi connectivity index (χ2v) is 31.9. The normalized spacial score (nSPS) is 14.4. The van der Waals surface area contributed by atoms with Gasteiger partial charge in [-0.15, -0.1) is 0 Å². The van der Waals surface area contributed by atoms with Crippen molar-refractivity contribution in [2.24, 2.45) is 0 Å². The fourth-order valence-electron chi connectivity index (χ4n) is 9.29. The van der Waals surface area contributed by atoms with Crippen LogP contribution in [0.2, 0.25) is 0 Å². The van der Waals surface area contributed by atoms with Gasteiger partial charge in [0.15, 0.2) is 0 Å². The summed E-state index contributed by atoms with van der Waals surface area (Å²) < 4.78 is 0.737. The average molecular weight is 877 g/mol. The molecular formula is C53H50Cl2SiZr. The first-order valence-corrected chi connectivity index (χ1v) is 27.9. The van der Waals surface area contributed by atoms with Gasteiger partial charge in [0, 0.05) is 0 Å². The van der Waals surface area contributed by atoms with E-state index >= 15 is 0 Å². The van der Waals surface area contributed by atoms with Crippen molar-refractivity contribution in [3.05, 3.63) is 202 Å². The van der Waals surface area contributed by atoms with E-state index in [9.17, 15) is 0 Å². The minimum absolute atomic E-state index is 0. The maximum Gasteiger partial charge on any atom is -1.00 e. The Morgan fingerprint density at radius 1 is 0.474 bits per heavy atom. The molecule has 0 saturated carbocycles. The molecule has 0 fully saturated rings. The van der Waals surface area contributed by atoms with E-state index in [1.54, 1.807) is 32.6 Å². The molecule has 284 valence electrons. The van der Waals surface area contributed by atoms with Crippen molar-refractivity contribution in [3.63, 3.8) is 0 Å². The van der Waals surface area contributed by atoms with Crippen molar-refractivity contribution < 1.29 is 45.2 Å². The molecular weight excluding hydrogens is 827 g/mol. The number of halogens is 2. The molecule has 2 aliphatic carbocycles. The summed E-state index contributed by atoms with van der Waals surface area (Å²) in [6, 6.07) is 62.0. The molecule has 0 saturated heterocycles. The zero-order valence-electron chi connectivity index (χ0n) is 34.0. The Kier molecular flexibility index (Phi) is 11.7. The maximum atomic E-state index is 2.65. The fraction of sp³-hybridized carbons (Fsp3) is 0.208. The standard InChI is InChI=1S/C21H25.C20H15.C12H10Si.2ClH.Zr/c1-20(2,3)16-7-9-18-14(12-16)11-15-13-17(21(4,5)6)8-10-19(15)18;1-14-10-17-8-4-5-9-19(17)20(11-14)18-12-15-6-2-3-7-16(15)13-18;1-3-7-11(8-4-1)13-12-9-5-2-6-10-12;;;/h7-13H,1-6H3;2-13H,1H3;1-10H;2*1H;/q;;;;;+2/p-2. The minimum atomic E-state index is -3.02. The summed E-state index contributed by atoms with van der Waals surface area (Å²) in [6.07, 6.45) is 2.60. The van der Waals surface area contributed by atoms with Crippen LogP contribution in [0.3, 0.4) is 0 Å². The van der Waals surface area contributed by atoms with Crippen molar-refractivity contribution in [1.29, 1.82) is 0 Å². The van der Waals surface area contributed by atoms with Crippen LogP contribution in [-0.4, -0.2) is 5.43 Å². The first-order chi connectivity index (χ1) is 26.5. The number of hydrogen-bond donors (Lipinski definition) is 0. The maximum absolute atomic E-state index is 3.02. The summed E-state index contributed by atoms with van der Waals surface area (Å²) in [4.78, 5) is 0. The smallest absolute Gasteiger partial charge is 1.00 e. The first-order valence-electron chi connectivity index (χ1n) is 19.9. The van der Waals surface area contributed by atoms with Gasteiger partial charge in [-0.05, 0) is 0 Å². The number of benzene rings is 7. The van der Waals surface area contributed by atoms with E-state index in [0.717, 1.165) is 0 Å². The van der Waals surface area contributed by atoms with Crippen LogP contribution in [0.5, 0.6) is 0 Å². The summed E-state index contributed by atoms with van der Waals surface area (Å²) in [5.41, 5.74) is 15.0. The molecule has 0 nitrogen and oxygen atoms in total. The van der Waals surface area contributed by atoms with Gasteiger partial charge in [-0.1, -0.05) is 0 Å². The fourth-order valence-corrected chi connectivity index (χ4v) is 33.7. The molecule has 0 spiro atoms. The Hall–Kier alpha value is -3.78. The number of rotatable bonds is 5. The summed E-state index contributed by atoms with van der Waals surface area (Å²) in [7, 11) is 0. The molecule has 9 rings (SSSR count). The molecule has 0 aliphatic heterocycles. The third kappa shape index (κ3) is 7.53. The van der Waals surface area contributed by atoms with Crippen molar-refractivity contribution in [3.8, 4) is 11.1 Å². The van der Waals surface area contributed by atoms with Crippen LogP contribution in [0.1, 0.15) is 93.3 Å². The third-order valence-corrected chi connectivity index (χ3v) is 32.5. The van der Waals surface area contributed by atoms with Gasteiger partial charge in [0.2, 0.25) is 0 Å². The van der Waals surface area contributed by atoms with Gasteiger partial charge in [0.1, 0.15) is 0 Å². The second-order valence-electron chi connectivity index (χ2n) is 17.8. The van der Waals surface area contributed by atoms with E-state index in [1.165, 1.54) is 49.7 Å². The number of aryl methyl sites for hydroxylation is 1. The quantitative estimate of drug-likeness (QED) is 0.173. The van der Waals surface area contributed by atoms with Crippen LogP contribution in [0, 0.1) is 6.92 Å². The van der Waals surface area contributed by atoms with Gasteiger partial charge in [-0.2, -0.15) is 0 Å². The van der Waals surface area contributed by atoms with E-state index in [2.05, 4.69) is 212 Å². The summed E-state index contributed by atoms with van der Waals surface area (Å²) in [5.74, 6) is 0. The molecule has 7 aromatic rings. The monoisotopic (exact) mass is 874 g/mol. The van der Waals surface area contributed by atoms with E-state index in [0.29, 0.717) is 7.25 Å². The molecule has 7 aromatic carbocycles. The van der Waals surface area contributed by atoms with E-state index in [1.807, 2.05) is 0 Å². The zero-order chi connectivity index (χ0) is 38.1. The molecule has 0 N–H and O–H groups in total. The van der Waals surface area contributed by atoms with Crippen LogP contribution in [0.15, 0.2) is 158 Å². The van der Waals surface area contributed by atoms with Crippen molar-refractivity contribution in [2.75, 3.05) is 0 Å². The van der Waals surface area contributed by atoms with Crippen LogP contribution >= 0.6 is 0 Å². The average Bonchev–Trinajstić information content (AvgIpc) is 3.72. The Morgan fingerprint density at radius 3 is 1.54 bits per heavy atom. The SMILES string of the molecule is Cc1cc(C2=Cc3ccccc3[CH]2[Zr+2]([CH]2c3cc(C(C)(C)C)ccc3-c3ccc(C(C)(C)C)cc32)=[Si](c2ccccc2)c2ccccc2)c2ccccc2c1.[Cl-].[Cl-]. The summed E-state index contributed by atoms with van der Waals surface area (Å²) in [5, 5.41) is 5.81. The van der Waals surface area contributed by atoms with Crippen molar-refractivity contribution in [2.45, 2.75) is 66.5 Å². The summed E-state index contributed by atoms with van der Waals surface area (Å²) in [6.45, 7) is 16.5. The van der Waals surface area contributed by atoms with Crippen molar-refractivity contribution >= 4 is 38.2 Å². The Balaban J connectivity index is 0.00000248. The molecule has 0 bridgehead atoms. The molecule has 0 heterocycles. The number of fused-ring (bicyclic) bond motifs is 5. The molecule has 0 aromatic heterocycles. The molecule has 1 unspecified atom stereocenters. The minimum Gasteiger partial charge on any atom is -1.00 e. The van der Waals surface area contributed by atoms with E-state index in [-0.39, 0.29) is 35.6 Å². The molecule has 1 atom stereocenters. The number of hydrogen-bond acceptors (Lipinski definition) is 0.